The molecule has 0 aliphatic rings. The molecular weight excluding hydrogens is 286 g/mol. The minimum Gasteiger partial charge on any atom is -0.267 e. The first kappa shape index (κ1) is 13.7. The van der Waals surface area contributed by atoms with Crippen LogP contribution in [0.25, 0.3) is 16.5 Å². The number of aryl methyl sites for hydroxylation is 1. The van der Waals surface area contributed by atoms with E-state index in [1.807, 2.05) is 0 Å². The SMILES string of the molecule is Cc1ccc([N+](=O)[O-])cc1-n1[nH]c(=O)c2ccccc2c1=O. The van der Waals surface area contributed by atoms with E-state index in [-0.39, 0.29) is 22.1 Å². The third-order valence-electron chi connectivity index (χ3n) is 3.46. The Morgan fingerprint density at radius 1 is 1.09 bits per heavy atom. The highest BCUT2D eigenvalue weighted by Crippen LogP contribution is 2.19. The van der Waals surface area contributed by atoms with Crippen LogP contribution in [0.5, 0.6) is 0 Å². The van der Waals surface area contributed by atoms with Crippen LogP contribution in [0, 0.1) is 17.0 Å². The number of aromatic amines is 1. The van der Waals surface area contributed by atoms with E-state index < -0.39 is 16.0 Å². The smallest absolute Gasteiger partial charge is 0.267 e. The van der Waals surface area contributed by atoms with Crippen molar-refractivity contribution in [2.45, 2.75) is 6.92 Å². The molecule has 0 aliphatic heterocycles. The summed E-state index contributed by atoms with van der Waals surface area (Å²) in [4.78, 5) is 35.0. The molecule has 0 aliphatic carbocycles. The second kappa shape index (κ2) is 4.96. The van der Waals surface area contributed by atoms with Crippen molar-refractivity contribution in [3.63, 3.8) is 0 Å². The Hall–Kier alpha value is -3.22. The molecule has 3 aromatic rings. The molecule has 0 amide bonds. The number of H-pyrrole nitrogens is 1. The molecule has 22 heavy (non-hydrogen) atoms. The van der Waals surface area contributed by atoms with Gasteiger partial charge in [-0.2, -0.15) is 0 Å². The number of nitro groups is 1. The molecule has 0 fully saturated rings. The Morgan fingerprint density at radius 3 is 2.45 bits per heavy atom. The van der Waals surface area contributed by atoms with E-state index in [1.165, 1.54) is 18.2 Å². The molecule has 0 saturated carbocycles. The number of fused-ring (bicyclic) bond motifs is 1. The number of hydrogen-bond acceptors (Lipinski definition) is 4. The first-order valence-corrected chi connectivity index (χ1v) is 6.48. The highest BCUT2D eigenvalue weighted by atomic mass is 16.6. The van der Waals surface area contributed by atoms with E-state index in [2.05, 4.69) is 5.10 Å². The molecule has 0 radical (unpaired) electrons. The number of hydrogen-bond donors (Lipinski definition) is 1. The first-order chi connectivity index (χ1) is 10.5. The molecule has 1 heterocycles. The topological polar surface area (TPSA) is 98.0 Å². The van der Waals surface area contributed by atoms with Crippen LogP contribution in [0.4, 0.5) is 5.69 Å². The Morgan fingerprint density at radius 2 is 1.77 bits per heavy atom. The predicted molar refractivity (Wildman–Crippen MR) is 81.6 cm³/mol. The van der Waals surface area contributed by atoms with Gasteiger partial charge in [-0.1, -0.05) is 18.2 Å². The summed E-state index contributed by atoms with van der Waals surface area (Å²) in [5, 5.41) is 13.9. The van der Waals surface area contributed by atoms with Gasteiger partial charge in [-0.3, -0.25) is 24.8 Å². The summed E-state index contributed by atoms with van der Waals surface area (Å²) < 4.78 is 1.05. The first-order valence-electron chi connectivity index (χ1n) is 6.48. The molecular formula is C15H11N3O4. The van der Waals surface area contributed by atoms with Gasteiger partial charge in [0.25, 0.3) is 16.8 Å². The summed E-state index contributed by atoms with van der Waals surface area (Å²) in [7, 11) is 0. The Kier molecular flexibility index (Phi) is 3.10. The van der Waals surface area contributed by atoms with Crippen LogP contribution in [0.1, 0.15) is 5.56 Å². The summed E-state index contributed by atoms with van der Waals surface area (Å²) in [6.07, 6.45) is 0. The van der Waals surface area contributed by atoms with Gasteiger partial charge >= 0.3 is 0 Å². The minimum atomic E-state index is -0.548. The van der Waals surface area contributed by atoms with Gasteiger partial charge in [-0.25, -0.2) is 4.68 Å². The van der Waals surface area contributed by atoms with Crippen LogP contribution in [-0.2, 0) is 0 Å². The summed E-state index contributed by atoms with van der Waals surface area (Å²) in [5.41, 5.74) is -0.0953. The third-order valence-corrected chi connectivity index (χ3v) is 3.46. The normalized spacial score (nSPS) is 10.8. The van der Waals surface area contributed by atoms with Gasteiger partial charge in [0.15, 0.2) is 0 Å². The fraction of sp³-hybridized carbons (Fsp3) is 0.0667. The lowest BCUT2D eigenvalue weighted by Crippen LogP contribution is -2.29. The van der Waals surface area contributed by atoms with E-state index in [0.29, 0.717) is 5.56 Å². The molecule has 110 valence electrons. The average molecular weight is 297 g/mol. The summed E-state index contributed by atoms with van der Waals surface area (Å²) in [6, 6.07) is 10.6. The zero-order valence-electron chi connectivity index (χ0n) is 11.6. The second-order valence-electron chi connectivity index (χ2n) is 4.85. The van der Waals surface area contributed by atoms with Crippen LogP contribution >= 0.6 is 0 Å². The number of nitrogens with one attached hydrogen (secondary N) is 1. The van der Waals surface area contributed by atoms with Crippen molar-refractivity contribution in [1.29, 1.82) is 0 Å². The molecule has 0 spiro atoms. The zero-order chi connectivity index (χ0) is 15.9. The molecule has 0 atom stereocenters. The van der Waals surface area contributed by atoms with Gasteiger partial charge in [0.2, 0.25) is 0 Å². The number of benzene rings is 2. The number of rotatable bonds is 2. The maximum absolute atomic E-state index is 12.5. The Bertz CT molecular complexity index is 1020. The zero-order valence-corrected chi connectivity index (χ0v) is 11.6. The average Bonchev–Trinajstić information content (AvgIpc) is 2.51. The lowest BCUT2D eigenvalue weighted by molar-refractivity contribution is -0.384. The van der Waals surface area contributed by atoms with Crippen LogP contribution < -0.4 is 11.1 Å². The summed E-state index contributed by atoms with van der Waals surface area (Å²) in [6.45, 7) is 1.71. The van der Waals surface area contributed by atoms with Crippen LogP contribution in [0.2, 0.25) is 0 Å². The van der Waals surface area contributed by atoms with Crippen molar-refractivity contribution < 1.29 is 4.92 Å². The van der Waals surface area contributed by atoms with Crippen molar-refractivity contribution in [2.75, 3.05) is 0 Å². The minimum absolute atomic E-state index is 0.151. The molecule has 0 unspecified atom stereocenters. The molecule has 3 rings (SSSR count). The van der Waals surface area contributed by atoms with E-state index in [0.717, 1.165) is 4.68 Å². The van der Waals surface area contributed by atoms with Crippen LogP contribution in [0.3, 0.4) is 0 Å². The van der Waals surface area contributed by atoms with Gasteiger partial charge in [-0.15, -0.1) is 0 Å². The molecule has 2 aromatic carbocycles. The third kappa shape index (κ3) is 2.08. The second-order valence-corrected chi connectivity index (χ2v) is 4.85. The lowest BCUT2D eigenvalue weighted by Gasteiger charge is -2.09. The standard InChI is InChI=1S/C15H11N3O4/c1-9-6-7-10(18(21)22)8-13(9)17-15(20)12-5-3-2-4-11(12)14(19)16-17/h2-8H,1H3,(H,16,19). The highest BCUT2D eigenvalue weighted by Gasteiger charge is 2.14. The van der Waals surface area contributed by atoms with Crippen molar-refractivity contribution in [3.8, 4) is 5.69 Å². The van der Waals surface area contributed by atoms with Crippen molar-refractivity contribution in [3.05, 3.63) is 78.8 Å². The van der Waals surface area contributed by atoms with Crippen LogP contribution in [-0.4, -0.2) is 14.7 Å². The fourth-order valence-corrected chi connectivity index (χ4v) is 2.32. The van der Waals surface area contributed by atoms with E-state index >= 15 is 0 Å². The quantitative estimate of drug-likeness (QED) is 0.577. The Labute approximate surface area is 123 Å². The van der Waals surface area contributed by atoms with E-state index in [4.69, 9.17) is 0 Å². The van der Waals surface area contributed by atoms with Gasteiger partial charge in [0, 0.05) is 12.1 Å². The number of nitro benzene ring substituents is 1. The van der Waals surface area contributed by atoms with E-state index in [1.54, 1.807) is 31.2 Å². The monoisotopic (exact) mass is 297 g/mol. The molecule has 7 nitrogen and oxygen atoms in total. The van der Waals surface area contributed by atoms with Crippen LogP contribution in [0.15, 0.2) is 52.1 Å². The molecule has 1 aromatic heterocycles. The summed E-state index contributed by atoms with van der Waals surface area (Å²) >= 11 is 0. The van der Waals surface area contributed by atoms with Crippen molar-refractivity contribution in [1.82, 2.24) is 9.78 Å². The Balaban J connectivity index is 2.39. The highest BCUT2D eigenvalue weighted by molar-refractivity contribution is 5.80. The number of non-ortho nitro benzene ring substituents is 1. The molecule has 0 bridgehead atoms. The fourth-order valence-electron chi connectivity index (χ4n) is 2.32. The van der Waals surface area contributed by atoms with Gasteiger partial charge < -0.3 is 0 Å². The largest absolute Gasteiger partial charge is 0.277 e. The molecule has 1 N–H and O–H groups in total. The van der Waals surface area contributed by atoms with Crippen molar-refractivity contribution >= 4 is 16.5 Å². The maximum Gasteiger partial charge on any atom is 0.277 e. The van der Waals surface area contributed by atoms with Gasteiger partial charge in [0.1, 0.15) is 0 Å². The molecule has 0 saturated heterocycles. The maximum atomic E-state index is 12.5. The van der Waals surface area contributed by atoms with Gasteiger partial charge in [0.05, 0.1) is 21.4 Å². The lowest BCUT2D eigenvalue weighted by atomic mass is 10.1. The molecule has 7 heteroatoms. The summed E-state index contributed by atoms with van der Waals surface area (Å²) in [5.74, 6) is 0. The van der Waals surface area contributed by atoms with Crippen molar-refractivity contribution in [2.24, 2.45) is 0 Å². The number of nitrogens with zero attached hydrogens (tertiary/aromatic N) is 2. The predicted octanol–water partition coefficient (Wildman–Crippen LogP) is 1.90. The van der Waals surface area contributed by atoms with E-state index in [9.17, 15) is 19.7 Å². The van der Waals surface area contributed by atoms with Gasteiger partial charge in [-0.05, 0) is 24.6 Å². The number of aromatic nitrogens is 2.